The Morgan fingerprint density at radius 3 is 3.15 bits per heavy atom. The highest BCUT2D eigenvalue weighted by molar-refractivity contribution is 5.03. The number of fused-ring (bicyclic) bond motifs is 1. The molecule has 0 aromatic rings. The van der Waals surface area contributed by atoms with E-state index in [9.17, 15) is 0 Å². The first kappa shape index (κ1) is 9.44. The Bertz CT molecular complexity index is 186. The molecule has 0 amide bonds. The van der Waals surface area contributed by atoms with Gasteiger partial charge in [0.25, 0.3) is 0 Å². The minimum Gasteiger partial charge on any atom is -0.396 e. The van der Waals surface area contributed by atoms with Crippen LogP contribution in [0.25, 0.3) is 0 Å². The Hall–Kier alpha value is -0.120. The summed E-state index contributed by atoms with van der Waals surface area (Å²) < 4.78 is 5.40. The number of hydrogen-bond donors (Lipinski definition) is 1. The van der Waals surface area contributed by atoms with E-state index in [2.05, 4.69) is 4.90 Å². The van der Waals surface area contributed by atoms with Crippen LogP contribution in [0.4, 0.5) is 0 Å². The first-order valence-electron chi connectivity index (χ1n) is 5.19. The van der Waals surface area contributed by atoms with E-state index in [1.807, 2.05) is 0 Å². The molecular formula is C10H19NO2. The second-order valence-corrected chi connectivity index (χ2v) is 4.31. The quantitative estimate of drug-likeness (QED) is 0.699. The molecule has 0 bridgehead atoms. The van der Waals surface area contributed by atoms with Gasteiger partial charge in [0.2, 0.25) is 0 Å². The lowest BCUT2D eigenvalue weighted by Crippen LogP contribution is -2.38. The fourth-order valence-corrected chi connectivity index (χ4v) is 3.00. The van der Waals surface area contributed by atoms with Crippen LogP contribution in [-0.4, -0.2) is 48.5 Å². The van der Waals surface area contributed by atoms with Crippen LogP contribution in [0.15, 0.2) is 0 Å². The van der Waals surface area contributed by atoms with Gasteiger partial charge in [-0.2, -0.15) is 0 Å². The zero-order valence-corrected chi connectivity index (χ0v) is 8.33. The Labute approximate surface area is 79.7 Å². The maximum atomic E-state index is 9.06. The Morgan fingerprint density at radius 1 is 1.62 bits per heavy atom. The van der Waals surface area contributed by atoms with Gasteiger partial charge in [-0.15, -0.1) is 0 Å². The summed E-state index contributed by atoms with van der Waals surface area (Å²) in [5, 5.41) is 9.06. The van der Waals surface area contributed by atoms with Gasteiger partial charge in [0.1, 0.15) is 0 Å². The Morgan fingerprint density at radius 2 is 2.46 bits per heavy atom. The van der Waals surface area contributed by atoms with Crippen LogP contribution in [0.2, 0.25) is 0 Å². The number of nitrogens with zero attached hydrogens (tertiary/aromatic N) is 1. The van der Waals surface area contributed by atoms with E-state index in [1.165, 1.54) is 19.4 Å². The number of aliphatic hydroxyl groups is 1. The molecule has 0 saturated carbocycles. The van der Waals surface area contributed by atoms with E-state index >= 15 is 0 Å². The van der Waals surface area contributed by atoms with Crippen molar-refractivity contribution in [1.82, 2.24) is 4.90 Å². The van der Waals surface area contributed by atoms with Crippen molar-refractivity contribution in [3.63, 3.8) is 0 Å². The molecule has 0 aromatic carbocycles. The number of ether oxygens (including phenoxy) is 1. The third kappa shape index (κ3) is 1.49. The van der Waals surface area contributed by atoms with Crippen molar-refractivity contribution in [1.29, 1.82) is 0 Å². The number of hydrogen-bond acceptors (Lipinski definition) is 3. The van der Waals surface area contributed by atoms with Crippen molar-refractivity contribution in [3.05, 3.63) is 0 Å². The van der Waals surface area contributed by atoms with E-state index in [-0.39, 0.29) is 5.54 Å². The standard InChI is InChI=1S/C10H19NO2/c1-13-9-7-10(4-6-12)3-2-5-11(10)8-9/h9,12H,2-8H2,1H3/t9-,10+/m1/s1. The summed E-state index contributed by atoms with van der Waals surface area (Å²) in [5.74, 6) is 0. The van der Waals surface area contributed by atoms with Gasteiger partial charge in [0.05, 0.1) is 6.10 Å². The lowest BCUT2D eigenvalue weighted by molar-refractivity contribution is 0.106. The first-order valence-corrected chi connectivity index (χ1v) is 5.19. The smallest absolute Gasteiger partial charge is 0.0716 e. The SMILES string of the molecule is CO[C@H]1CN2CCC[C@]2(CCO)C1. The maximum absolute atomic E-state index is 9.06. The van der Waals surface area contributed by atoms with Crippen LogP contribution < -0.4 is 0 Å². The minimum absolute atomic E-state index is 0.287. The molecule has 0 aromatic heterocycles. The molecule has 3 heteroatoms. The summed E-state index contributed by atoms with van der Waals surface area (Å²) in [4.78, 5) is 2.51. The summed E-state index contributed by atoms with van der Waals surface area (Å²) in [5.41, 5.74) is 0.287. The summed E-state index contributed by atoms with van der Waals surface area (Å²) in [6.45, 7) is 2.57. The second-order valence-electron chi connectivity index (χ2n) is 4.31. The van der Waals surface area contributed by atoms with Gasteiger partial charge in [-0.25, -0.2) is 0 Å². The second kappa shape index (κ2) is 3.56. The molecule has 3 nitrogen and oxygen atoms in total. The predicted molar refractivity (Wildman–Crippen MR) is 50.7 cm³/mol. The lowest BCUT2D eigenvalue weighted by atomic mass is 9.90. The van der Waals surface area contributed by atoms with E-state index in [0.29, 0.717) is 12.7 Å². The molecule has 2 aliphatic heterocycles. The normalized spacial score (nSPS) is 39.7. The average Bonchev–Trinajstić information content (AvgIpc) is 2.60. The molecule has 76 valence electrons. The molecule has 2 atom stereocenters. The number of aliphatic hydroxyl groups excluding tert-OH is 1. The van der Waals surface area contributed by atoms with Gasteiger partial charge in [0, 0.05) is 25.8 Å². The van der Waals surface area contributed by atoms with E-state index in [4.69, 9.17) is 9.84 Å². The summed E-state index contributed by atoms with van der Waals surface area (Å²) in [7, 11) is 1.79. The topological polar surface area (TPSA) is 32.7 Å². The summed E-state index contributed by atoms with van der Waals surface area (Å²) >= 11 is 0. The maximum Gasteiger partial charge on any atom is 0.0716 e. The zero-order chi connectivity index (χ0) is 9.31. The Kier molecular flexibility index (Phi) is 2.58. The largest absolute Gasteiger partial charge is 0.396 e. The molecule has 0 aliphatic carbocycles. The van der Waals surface area contributed by atoms with Crippen molar-refractivity contribution < 1.29 is 9.84 Å². The van der Waals surface area contributed by atoms with Crippen molar-refractivity contribution in [2.24, 2.45) is 0 Å². The highest BCUT2D eigenvalue weighted by Crippen LogP contribution is 2.41. The Balaban J connectivity index is 2.05. The van der Waals surface area contributed by atoms with Crippen LogP contribution in [0.1, 0.15) is 25.7 Å². The fourth-order valence-electron chi connectivity index (χ4n) is 3.00. The predicted octanol–water partition coefficient (Wildman–Crippen LogP) is 0.622. The van der Waals surface area contributed by atoms with Crippen LogP contribution in [-0.2, 0) is 4.74 Å². The molecule has 2 heterocycles. The van der Waals surface area contributed by atoms with Gasteiger partial charge < -0.3 is 9.84 Å². The first-order chi connectivity index (χ1) is 6.30. The third-order valence-corrected chi connectivity index (χ3v) is 3.68. The van der Waals surface area contributed by atoms with Crippen LogP contribution in [0.5, 0.6) is 0 Å². The molecule has 2 aliphatic rings. The van der Waals surface area contributed by atoms with Gasteiger partial charge in [-0.05, 0) is 32.2 Å². The molecule has 2 saturated heterocycles. The average molecular weight is 185 g/mol. The summed E-state index contributed by atoms with van der Waals surface area (Å²) in [6, 6.07) is 0. The zero-order valence-electron chi connectivity index (χ0n) is 8.33. The van der Waals surface area contributed by atoms with Crippen molar-refractivity contribution in [3.8, 4) is 0 Å². The fraction of sp³-hybridized carbons (Fsp3) is 1.00. The monoisotopic (exact) mass is 185 g/mol. The van der Waals surface area contributed by atoms with Crippen molar-refractivity contribution >= 4 is 0 Å². The number of rotatable bonds is 3. The molecule has 2 rings (SSSR count). The van der Waals surface area contributed by atoms with Crippen molar-refractivity contribution in [2.75, 3.05) is 26.8 Å². The van der Waals surface area contributed by atoms with Crippen LogP contribution in [0.3, 0.4) is 0 Å². The molecular weight excluding hydrogens is 166 g/mol. The van der Waals surface area contributed by atoms with Gasteiger partial charge >= 0.3 is 0 Å². The van der Waals surface area contributed by atoms with Gasteiger partial charge in [-0.3, -0.25) is 4.90 Å². The van der Waals surface area contributed by atoms with E-state index in [0.717, 1.165) is 19.4 Å². The molecule has 2 fully saturated rings. The highest BCUT2D eigenvalue weighted by atomic mass is 16.5. The van der Waals surface area contributed by atoms with E-state index in [1.54, 1.807) is 7.11 Å². The van der Waals surface area contributed by atoms with E-state index < -0.39 is 0 Å². The van der Waals surface area contributed by atoms with Crippen LogP contribution in [0, 0.1) is 0 Å². The van der Waals surface area contributed by atoms with Crippen molar-refractivity contribution in [2.45, 2.75) is 37.3 Å². The molecule has 13 heavy (non-hydrogen) atoms. The van der Waals surface area contributed by atoms with Gasteiger partial charge in [-0.1, -0.05) is 0 Å². The molecule has 0 unspecified atom stereocenters. The molecule has 0 radical (unpaired) electrons. The number of methoxy groups -OCH3 is 1. The van der Waals surface area contributed by atoms with Crippen LogP contribution >= 0.6 is 0 Å². The molecule has 1 N–H and O–H groups in total. The highest BCUT2D eigenvalue weighted by Gasteiger charge is 2.47. The lowest BCUT2D eigenvalue weighted by Gasteiger charge is -2.30. The third-order valence-electron chi connectivity index (χ3n) is 3.68. The van der Waals surface area contributed by atoms with Gasteiger partial charge in [0.15, 0.2) is 0 Å². The summed E-state index contributed by atoms with van der Waals surface area (Å²) in [6.07, 6.45) is 4.97. The molecule has 0 spiro atoms. The minimum atomic E-state index is 0.287.